The third kappa shape index (κ3) is 5.22. The largest absolute Gasteiger partial charge is 0.481 e. The summed E-state index contributed by atoms with van der Waals surface area (Å²) in [6, 6.07) is -1.88. The van der Waals surface area contributed by atoms with Crippen molar-refractivity contribution in [2.24, 2.45) is 0 Å². The molecule has 0 saturated carbocycles. The van der Waals surface area contributed by atoms with Gasteiger partial charge in [0.1, 0.15) is 6.04 Å². The van der Waals surface area contributed by atoms with Crippen LogP contribution in [0.1, 0.15) is 23.4 Å². The lowest BCUT2D eigenvalue weighted by Gasteiger charge is -2.14. The van der Waals surface area contributed by atoms with Crippen molar-refractivity contribution in [2.75, 3.05) is 0 Å². The molecule has 0 bridgehead atoms. The number of amides is 2. The van der Waals surface area contributed by atoms with Crippen molar-refractivity contribution >= 4 is 29.3 Å². The molecule has 0 aliphatic carbocycles. The minimum absolute atomic E-state index is 0.169. The van der Waals surface area contributed by atoms with Crippen LogP contribution in [0.2, 0.25) is 0 Å². The molecule has 110 valence electrons. The maximum Gasteiger partial charge on any atom is 0.326 e. The molecule has 0 aliphatic heterocycles. The van der Waals surface area contributed by atoms with Gasteiger partial charge < -0.3 is 20.8 Å². The van der Waals surface area contributed by atoms with E-state index < -0.39 is 24.0 Å². The summed E-state index contributed by atoms with van der Waals surface area (Å²) in [4.78, 5) is 37.7. The molecule has 1 aromatic rings. The smallest absolute Gasteiger partial charge is 0.326 e. The fourth-order valence-corrected chi connectivity index (χ4v) is 2.11. The Hall–Kier alpha value is -2.16. The molecule has 2 amide bonds. The first-order valence-corrected chi connectivity index (χ1v) is 6.66. The summed E-state index contributed by atoms with van der Waals surface area (Å²) in [7, 11) is 0. The Morgan fingerprint density at radius 2 is 2.10 bits per heavy atom. The van der Waals surface area contributed by atoms with Gasteiger partial charge in [0.15, 0.2) is 0 Å². The standard InChI is InChI=1S/C11H15N3O5S/c1-6-8(20-5-13-6)4-12-11(19)14-7(10(17)18)2-3-9(15)16/h5,7H,2-4H2,1H3,(H,15,16)(H,17,18)(H2,12,14,19). The van der Waals surface area contributed by atoms with Crippen LogP contribution in [-0.2, 0) is 16.1 Å². The van der Waals surface area contributed by atoms with E-state index in [9.17, 15) is 14.4 Å². The minimum atomic E-state index is -1.27. The van der Waals surface area contributed by atoms with E-state index >= 15 is 0 Å². The predicted octanol–water partition coefficient (Wildman–Crippen LogP) is 0.569. The number of nitrogens with zero attached hydrogens (tertiary/aromatic N) is 1. The number of nitrogens with one attached hydrogen (secondary N) is 2. The van der Waals surface area contributed by atoms with E-state index in [4.69, 9.17) is 10.2 Å². The quantitative estimate of drug-likeness (QED) is 0.582. The maximum absolute atomic E-state index is 11.6. The summed E-state index contributed by atoms with van der Waals surface area (Å²) in [6.07, 6.45) is -0.497. The van der Waals surface area contributed by atoms with Gasteiger partial charge in [-0.1, -0.05) is 0 Å². The lowest BCUT2D eigenvalue weighted by Crippen LogP contribution is -2.45. The fourth-order valence-electron chi connectivity index (χ4n) is 1.39. The summed E-state index contributed by atoms with van der Waals surface area (Å²) in [5.74, 6) is -2.38. The zero-order valence-corrected chi connectivity index (χ0v) is 11.6. The van der Waals surface area contributed by atoms with Crippen molar-refractivity contribution < 1.29 is 24.6 Å². The van der Waals surface area contributed by atoms with Gasteiger partial charge in [0, 0.05) is 11.3 Å². The van der Waals surface area contributed by atoms with Crippen LogP contribution < -0.4 is 10.6 Å². The second kappa shape index (κ2) is 7.43. The van der Waals surface area contributed by atoms with Gasteiger partial charge in [-0.25, -0.2) is 14.6 Å². The van der Waals surface area contributed by atoms with Crippen molar-refractivity contribution in [3.8, 4) is 0 Å². The highest BCUT2D eigenvalue weighted by molar-refractivity contribution is 7.09. The topological polar surface area (TPSA) is 129 Å². The molecule has 1 rings (SSSR count). The Balaban J connectivity index is 2.43. The number of carbonyl (C=O) groups is 3. The first-order valence-electron chi connectivity index (χ1n) is 5.78. The molecule has 1 heterocycles. The Kier molecular flexibility index (Phi) is 5.91. The van der Waals surface area contributed by atoms with Gasteiger partial charge >= 0.3 is 18.0 Å². The number of aromatic nitrogens is 1. The van der Waals surface area contributed by atoms with Crippen molar-refractivity contribution in [2.45, 2.75) is 32.4 Å². The summed E-state index contributed by atoms with van der Waals surface area (Å²) < 4.78 is 0. The Labute approximate surface area is 118 Å². The molecule has 0 spiro atoms. The highest BCUT2D eigenvalue weighted by atomic mass is 32.1. The molecule has 9 heteroatoms. The van der Waals surface area contributed by atoms with Gasteiger partial charge in [-0.15, -0.1) is 11.3 Å². The van der Waals surface area contributed by atoms with Gasteiger partial charge in [0.2, 0.25) is 0 Å². The van der Waals surface area contributed by atoms with Crippen LogP contribution in [0, 0.1) is 6.92 Å². The van der Waals surface area contributed by atoms with Crippen molar-refractivity contribution in [1.82, 2.24) is 15.6 Å². The molecule has 0 saturated heterocycles. The summed E-state index contributed by atoms with van der Waals surface area (Å²) in [5, 5.41) is 22.1. The normalized spacial score (nSPS) is 11.7. The predicted molar refractivity (Wildman–Crippen MR) is 70.5 cm³/mol. The average molecular weight is 301 g/mol. The van der Waals surface area contributed by atoms with Gasteiger partial charge in [0.25, 0.3) is 0 Å². The SMILES string of the molecule is Cc1ncsc1CNC(=O)NC(CCC(=O)O)C(=O)O. The zero-order chi connectivity index (χ0) is 15.1. The van der Waals surface area contributed by atoms with Gasteiger partial charge in [-0.2, -0.15) is 0 Å². The number of urea groups is 1. The molecule has 4 N–H and O–H groups in total. The van der Waals surface area contributed by atoms with Gasteiger partial charge in [-0.05, 0) is 13.3 Å². The van der Waals surface area contributed by atoms with E-state index in [1.54, 1.807) is 12.4 Å². The number of carboxylic acid groups (broad SMARTS) is 2. The molecule has 1 atom stereocenters. The molecule has 1 aromatic heterocycles. The van der Waals surface area contributed by atoms with Crippen LogP contribution in [0.25, 0.3) is 0 Å². The zero-order valence-electron chi connectivity index (χ0n) is 10.8. The van der Waals surface area contributed by atoms with Gasteiger partial charge in [-0.3, -0.25) is 4.79 Å². The van der Waals surface area contributed by atoms with Crippen LogP contribution in [0.4, 0.5) is 4.79 Å². The third-order valence-electron chi connectivity index (χ3n) is 2.50. The molecule has 0 fully saturated rings. The summed E-state index contributed by atoms with van der Waals surface area (Å²) >= 11 is 1.38. The number of aliphatic carboxylic acids is 2. The van der Waals surface area contributed by atoms with E-state index in [0.717, 1.165) is 10.6 Å². The minimum Gasteiger partial charge on any atom is -0.481 e. The molecular weight excluding hydrogens is 286 g/mol. The molecule has 0 radical (unpaired) electrons. The van der Waals surface area contributed by atoms with Crippen LogP contribution >= 0.6 is 11.3 Å². The van der Waals surface area contributed by atoms with Crippen molar-refractivity contribution in [1.29, 1.82) is 0 Å². The first-order chi connectivity index (χ1) is 9.40. The van der Waals surface area contributed by atoms with Crippen LogP contribution in [0.15, 0.2) is 5.51 Å². The van der Waals surface area contributed by atoms with E-state index in [1.807, 2.05) is 0 Å². The second-order valence-corrected chi connectivity index (χ2v) is 4.95. The Morgan fingerprint density at radius 1 is 1.40 bits per heavy atom. The van der Waals surface area contributed by atoms with Gasteiger partial charge in [0.05, 0.1) is 17.7 Å². The number of aryl methyl sites for hydroxylation is 1. The fraction of sp³-hybridized carbons (Fsp3) is 0.455. The summed E-state index contributed by atoms with van der Waals surface area (Å²) in [6.45, 7) is 2.05. The lowest BCUT2D eigenvalue weighted by atomic mass is 10.1. The van der Waals surface area contributed by atoms with Crippen molar-refractivity contribution in [3.05, 3.63) is 16.1 Å². The number of thiazole rings is 1. The average Bonchev–Trinajstić information content (AvgIpc) is 2.77. The number of carboxylic acids is 2. The number of hydrogen-bond acceptors (Lipinski definition) is 5. The number of hydrogen-bond donors (Lipinski definition) is 4. The summed E-state index contributed by atoms with van der Waals surface area (Å²) in [5.41, 5.74) is 2.45. The molecule has 0 aliphatic rings. The van der Waals surface area contributed by atoms with Crippen LogP contribution in [0.5, 0.6) is 0 Å². The number of rotatable bonds is 7. The van der Waals surface area contributed by atoms with E-state index in [1.165, 1.54) is 11.3 Å². The first kappa shape index (κ1) is 15.9. The van der Waals surface area contributed by atoms with Crippen molar-refractivity contribution in [3.63, 3.8) is 0 Å². The van der Waals surface area contributed by atoms with Crippen LogP contribution in [-0.4, -0.2) is 39.2 Å². The Bertz CT molecular complexity index is 502. The highest BCUT2D eigenvalue weighted by Crippen LogP contribution is 2.11. The maximum atomic E-state index is 11.6. The van der Waals surface area contributed by atoms with E-state index in [-0.39, 0.29) is 19.4 Å². The molecular formula is C11H15N3O5S. The molecule has 0 aromatic carbocycles. The molecule has 8 nitrogen and oxygen atoms in total. The van der Waals surface area contributed by atoms with Crippen LogP contribution in [0.3, 0.4) is 0 Å². The Morgan fingerprint density at radius 3 is 2.60 bits per heavy atom. The third-order valence-corrected chi connectivity index (χ3v) is 3.44. The highest BCUT2D eigenvalue weighted by Gasteiger charge is 2.20. The van der Waals surface area contributed by atoms with E-state index in [0.29, 0.717) is 0 Å². The second-order valence-electron chi connectivity index (χ2n) is 4.01. The lowest BCUT2D eigenvalue weighted by molar-refractivity contribution is -0.140. The molecule has 1 unspecified atom stereocenters. The number of carbonyl (C=O) groups excluding carboxylic acids is 1. The van der Waals surface area contributed by atoms with E-state index in [2.05, 4.69) is 15.6 Å². The monoisotopic (exact) mass is 301 g/mol. The molecule has 20 heavy (non-hydrogen) atoms.